The van der Waals surface area contributed by atoms with E-state index in [2.05, 4.69) is 50.4 Å². The number of unbranched alkanes of at least 4 members (excludes halogenated alkanes) is 33. The largest absolute Gasteiger partial charge is 0.462 e. The summed E-state index contributed by atoms with van der Waals surface area (Å²) in [5.41, 5.74) is 0. The first kappa shape index (κ1) is 59.3. The summed E-state index contributed by atoms with van der Waals surface area (Å²) in [5.74, 6) is -0.479. The van der Waals surface area contributed by atoms with Gasteiger partial charge in [0.15, 0.2) is 0 Å². The molecule has 3 atom stereocenters. The molecule has 0 bridgehead atoms. The molecule has 0 saturated heterocycles. The molecule has 0 rings (SSSR count). The molecular weight excluding hydrogens is 755 g/mol. The van der Waals surface area contributed by atoms with Crippen LogP contribution in [0.2, 0.25) is 0 Å². The third-order valence-corrected chi connectivity index (χ3v) is 12.5. The van der Waals surface area contributed by atoms with Gasteiger partial charge in [-0.1, -0.05) is 225 Å². The lowest BCUT2D eigenvalue weighted by Gasteiger charge is -2.24. The van der Waals surface area contributed by atoms with Crippen molar-refractivity contribution in [2.45, 2.75) is 309 Å². The van der Waals surface area contributed by atoms with Crippen LogP contribution in [0.15, 0.2) is 24.3 Å². The number of carbonyl (C=O) groups is 2. The van der Waals surface area contributed by atoms with Gasteiger partial charge in [0, 0.05) is 6.42 Å². The predicted molar refractivity (Wildman–Crippen MR) is 264 cm³/mol. The number of hydrogen-bond acceptors (Lipinski definition) is 5. The number of aliphatic hydroxyl groups is 2. The molecule has 0 saturated carbocycles. The second-order valence-corrected chi connectivity index (χ2v) is 18.6. The minimum absolute atomic E-state index is 0.0727. The highest BCUT2D eigenvalue weighted by molar-refractivity contribution is 5.77. The lowest BCUT2D eigenvalue weighted by Crippen LogP contribution is -2.46. The normalized spacial score (nSPS) is 13.3. The van der Waals surface area contributed by atoms with Crippen LogP contribution in [0, 0.1) is 0 Å². The Kier molecular flexibility index (Phi) is 48.0. The van der Waals surface area contributed by atoms with Crippen LogP contribution < -0.4 is 5.32 Å². The maximum absolute atomic E-state index is 13.2. The topological polar surface area (TPSA) is 95.9 Å². The Morgan fingerprint density at radius 2 is 0.787 bits per heavy atom. The average molecular weight is 860 g/mol. The van der Waals surface area contributed by atoms with Crippen molar-refractivity contribution in [3.63, 3.8) is 0 Å². The molecule has 0 aromatic carbocycles. The van der Waals surface area contributed by atoms with E-state index < -0.39 is 18.2 Å². The molecule has 0 radical (unpaired) electrons. The Balaban J connectivity index is 4.57. The van der Waals surface area contributed by atoms with Gasteiger partial charge in [-0.2, -0.15) is 0 Å². The molecule has 0 aliphatic heterocycles. The molecule has 6 nitrogen and oxygen atoms in total. The van der Waals surface area contributed by atoms with Gasteiger partial charge in [-0.05, 0) is 77.0 Å². The average Bonchev–Trinajstić information content (AvgIpc) is 3.25. The molecule has 61 heavy (non-hydrogen) atoms. The van der Waals surface area contributed by atoms with E-state index in [9.17, 15) is 19.8 Å². The second-order valence-electron chi connectivity index (χ2n) is 18.6. The summed E-state index contributed by atoms with van der Waals surface area (Å²) in [5, 5.41) is 23.8. The summed E-state index contributed by atoms with van der Waals surface area (Å²) in [7, 11) is 0. The molecule has 0 aromatic heterocycles. The molecule has 0 fully saturated rings. The number of allylic oxidation sites excluding steroid dienone is 4. The summed E-state index contributed by atoms with van der Waals surface area (Å²) >= 11 is 0. The second kappa shape index (κ2) is 49.4. The van der Waals surface area contributed by atoms with Crippen LogP contribution in [0.25, 0.3) is 0 Å². The van der Waals surface area contributed by atoms with Crippen molar-refractivity contribution in [1.29, 1.82) is 0 Å². The molecule has 0 aliphatic carbocycles. The number of amides is 1. The Hall–Kier alpha value is -1.66. The van der Waals surface area contributed by atoms with Crippen LogP contribution in [-0.2, 0) is 14.3 Å². The van der Waals surface area contributed by atoms with Gasteiger partial charge in [0.05, 0.1) is 25.2 Å². The zero-order valence-corrected chi connectivity index (χ0v) is 41.1. The van der Waals surface area contributed by atoms with Crippen LogP contribution in [0.1, 0.15) is 290 Å². The molecule has 3 unspecified atom stereocenters. The van der Waals surface area contributed by atoms with Crippen LogP contribution in [0.3, 0.4) is 0 Å². The van der Waals surface area contributed by atoms with Crippen LogP contribution in [0.5, 0.6) is 0 Å². The van der Waals surface area contributed by atoms with E-state index in [1.807, 2.05) is 0 Å². The first-order chi connectivity index (χ1) is 30.0. The van der Waals surface area contributed by atoms with Gasteiger partial charge in [0.25, 0.3) is 0 Å². The first-order valence-corrected chi connectivity index (χ1v) is 27.1. The lowest BCUT2D eigenvalue weighted by molar-refractivity contribution is -0.151. The molecule has 360 valence electrons. The van der Waals surface area contributed by atoms with Gasteiger partial charge in [-0.15, -0.1) is 0 Å². The Labute approximate surface area is 380 Å². The molecule has 0 spiro atoms. The van der Waals surface area contributed by atoms with Gasteiger partial charge < -0.3 is 20.3 Å². The van der Waals surface area contributed by atoms with Crippen LogP contribution in [0.4, 0.5) is 0 Å². The van der Waals surface area contributed by atoms with Crippen molar-refractivity contribution < 1.29 is 24.5 Å². The Morgan fingerprint density at radius 3 is 1.16 bits per heavy atom. The quantitative estimate of drug-likeness (QED) is 0.0322. The van der Waals surface area contributed by atoms with Crippen molar-refractivity contribution >= 4 is 11.9 Å². The first-order valence-electron chi connectivity index (χ1n) is 27.1. The van der Waals surface area contributed by atoms with Crippen molar-refractivity contribution in [3.8, 4) is 0 Å². The highest BCUT2D eigenvalue weighted by Gasteiger charge is 2.24. The Morgan fingerprint density at radius 1 is 0.459 bits per heavy atom. The fraction of sp³-hybridized carbons (Fsp3) is 0.891. The van der Waals surface area contributed by atoms with Crippen LogP contribution >= 0.6 is 0 Å². The minimum atomic E-state index is -0.787. The fourth-order valence-electron chi connectivity index (χ4n) is 8.36. The van der Waals surface area contributed by atoms with Gasteiger partial charge in [-0.3, -0.25) is 9.59 Å². The van der Waals surface area contributed by atoms with E-state index in [1.165, 1.54) is 173 Å². The summed E-state index contributed by atoms with van der Waals surface area (Å²) in [6, 6.07) is -0.701. The van der Waals surface area contributed by atoms with Gasteiger partial charge in [0.1, 0.15) is 6.10 Å². The SMILES string of the molecule is CCCCCCCC/C=C/CCCCCCCC(CC(=O)NC(CO)C(O)CCCCCCCCCCCCC)OC(=O)CCCCCCC/C=C/CCCCCCCCC. The monoisotopic (exact) mass is 860 g/mol. The van der Waals surface area contributed by atoms with E-state index in [-0.39, 0.29) is 24.9 Å². The minimum Gasteiger partial charge on any atom is -0.462 e. The van der Waals surface area contributed by atoms with Crippen molar-refractivity contribution in [2.75, 3.05) is 6.61 Å². The summed E-state index contributed by atoms with van der Waals surface area (Å²) in [4.78, 5) is 26.2. The van der Waals surface area contributed by atoms with Crippen molar-refractivity contribution in [3.05, 3.63) is 24.3 Å². The standard InChI is InChI=1S/C55H105NO5/c1-4-7-10-13-16-19-22-24-26-28-30-33-36-39-42-45-48-55(60)61-51(46-43-40-37-34-32-29-27-25-23-20-17-14-11-8-5-2)49-54(59)56-52(50-57)53(58)47-44-41-38-35-31-21-18-15-12-9-6-3/h25-28,51-53,57-58H,4-24,29-50H2,1-3H3,(H,56,59)/b27-25+,28-26+. The zero-order valence-electron chi connectivity index (χ0n) is 41.1. The van der Waals surface area contributed by atoms with E-state index in [4.69, 9.17) is 4.74 Å². The van der Waals surface area contributed by atoms with E-state index in [0.717, 1.165) is 70.6 Å². The maximum atomic E-state index is 13.2. The zero-order chi connectivity index (χ0) is 44.5. The molecule has 1 amide bonds. The van der Waals surface area contributed by atoms with Gasteiger partial charge in [-0.25, -0.2) is 0 Å². The Bertz CT molecular complexity index is 966. The number of hydrogen-bond donors (Lipinski definition) is 3. The number of esters is 1. The van der Waals surface area contributed by atoms with Crippen LogP contribution in [-0.4, -0.2) is 46.9 Å². The number of ether oxygens (including phenoxy) is 1. The number of rotatable bonds is 49. The summed E-state index contributed by atoms with van der Waals surface area (Å²) in [6.07, 6.45) is 56.6. The summed E-state index contributed by atoms with van der Waals surface area (Å²) in [6.45, 7) is 6.49. The number of carbonyl (C=O) groups excluding carboxylic acids is 2. The van der Waals surface area contributed by atoms with E-state index in [0.29, 0.717) is 19.3 Å². The fourth-order valence-corrected chi connectivity index (χ4v) is 8.36. The molecule has 6 heteroatoms. The highest BCUT2D eigenvalue weighted by atomic mass is 16.5. The highest BCUT2D eigenvalue weighted by Crippen LogP contribution is 2.18. The number of aliphatic hydroxyl groups excluding tert-OH is 2. The van der Waals surface area contributed by atoms with E-state index >= 15 is 0 Å². The molecule has 0 aromatic rings. The predicted octanol–water partition coefficient (Wildman–Crippen LogP) is 16.3. The smallest absolute Gasteiger partial charge is 0.306 e. The van der Waals surface area contributed by atoms with Crippen molar-refractivity contribution in [2.24, 2.45) is 0 Å². The lowest BCUT2D eigenvalue weighted by atomic mass is 10.0. The van der Waals surface area contributed by atoms with Gasteiger partial charge >= 0.3 is 5.97 Å². The van der Waals surface area contributed by atoms with Crippen molar-refractivity contribution in [1.82, 2.24) is 5.32 Å². The van der Waals surface area contributed by atoms with Gasteiger partial charge in [0.2, 0.25) is 5.91 Å². The molecule has 3 N–H and O–H groups in total. The number of nitrogens with one attached hydrogen (secondary N) is 1. The third kappa shape index (κ3) is 44.7. The molecule has 0 heterocycles. The maximum Gasteiger partial charge on any atom is 0.306 e. The third-order valence-electron chi connectivity index (χ3n) is 12.5. The van der Waals surface area contributed by atoms with E-state index in [1.54, 1.807) is 0 Å². The molecular formula is C55H105NO5. The summed E-state index contributed by atoms with van der Waals surface area (Å²) < 4.78 is 5.94. The molecule has 0 aliphatic rings.